The van der Waals surface area contributed by atoms with Gasteiger partial charge in [0, 0.05) is 11.3 Å². The molecule has 4 heteroatoms. The molecule has 0 unspecified atom stereocenters. The Morgan fingerprint density at radius 1 is 1.41 bits per heavy atom. The van der Waals surface area contributed by atoms with E-state index in [4.69, 9.17) is 16.9 Å². The fraction of sp³-hybridized carbons (Fsp3) is 0.0769. The van der Waals surface area contributed by atoms with E-state index in [-0.39, 0.29) is 0 Å². The monoisotopic (exact) mass is 261 g/mol. The van der Waals surface area contributed by atoms with Crippen molar-refractivity contribution >= 4 is 40.2 Å². The number of nitrogens with zero attached hydrogens (tertiary/aromatic N) is 1. The van der Waals surface area contributed by atoms with Gasteiger partial charge < -0.3 is 0 Å². The molecule has 0 heterocycles. The fourth-order valence-electron chi connectivity index (χ4n) is 1.88. The van der Waals surface area contributed by atoms with Crippen LogP contribution in [0.4, 0.5) is 0 Å². The van der Waals surface area contributed by atoms with Crippen molar-refractivity contribution in [1.82, 2.24) is 0 Å². The number of halogens is 1. The standard InChI is InChI=1S/C13H8ClNOS/c14-13(16)12-10-4-2-1-3-8(10)5-9(6-15)11(12)7-17/h1-5,17H,7H2. The fourth-order valence-corrected chi connectivity index (χ4v) is 2.42. The third-order valence-electron chi connectivity index (χ3n) is 2.63. The number of hydrogen-bond acceptors (Lipinski definition) is 3. The third kappa shape index (κ3) is 2.02. The number of carbonyl (C=O) groups excluding carboxylic acids is 1. The molecule has 0 saturated carbocycles. The highest BCUT2D eigenvalue weighted by Crippen LogP contribution is 2.28. The van der Waals surface area contributed by atoms with Crippen LogP contribution in [0.3, 0.4) is 0 Å². The lowest BCUT2D eigenvalue weighted by Crippen LogP contribution is -2.01. The molecular weight excluding hydrogens is 254 g/mol. The largest absolute Gasteiger partial charge is 0.276 e. The van der Waals surface area contributed by atoms with Crippen molar-refractivity contribution in [2.75, 3.05) is 0 Å². The lowest BCUT2D eigenvalue weighted by molar-refractivity contribution is 0.108. The molecule has 0 saturated heterocycles. The first kappa shape index (κ1) is 12.0. The van der Waals surface area contributed by atoms with E-state index in [0.717, 1.165) is 10.8 Å². The van der Waals surface area contributed by atoms with Crippen LogP contribution in [0, 0.1) is 11.3 Å². The minimum Gasteiger partial charge on any atom is -0.276 e. The van der Waals surface area contributed by atoms with E-state index in [9.17, 15) is 4.79 Å². The van der Waals surface area contributed by atoms with Crippen LogP contribution >= 0.6 is 24.2 Å². The molecule has 84 valence electrons. The first-order valence-electron chi connectivity index (χ1n) is 4.94. The van der Waals surface area contributed by atoms with Gasteiger partial charge in [-0.25, -0.2) is 0 Å². The van der Waals surface area contributed by atoms with Gasteiger partial charge in [0.15, 0.2) is 0 Å². The summed E-state index contributed by atoms with van der Waals surface area (Å²) < 4.78 is 0. The number of hydrogen-bond donors (Lipinski definition) is 1. The Labute approximate surface area is 109 Å². The number of benzene rings is 2. The molecule has 2 aromatic carbocycles. The van der Waals surface area contributed by atoms with Crippen LogP contribution in [-0.4, -0.2) is 5.24 Å². The van der Waals surface area contributed by atoms with Crippen molar-refractivity contribution in [1.29, 1.82) is 5.26 Å². The zero-order valence-corrected chi connectivity index (χ0v) is 10.4. The number of thiol groups is 1. The van der Waals surface area contributed by atoms with Gasteiger partial charge in [-0.1, -0.05) is 24.3 Å². The summed E-state index contributed by atoms with van der Waals surface area (Å²) in [5, 5.41) is 10.1. The minimum absolute atomic E-state index is 0.307. The smallest absolute Gasteiger partial charge is 0.253 e. The summed E-state index contributed by atoms with van der Waals surface area (Å²) in [5.41, 5.74) is 1.42. The molecule has 0 radical (unpaired) electrons. The molecule has 0 atom stereocenters. The van der Waals surface area contributed by atoms with Crippen LogP contribution in [0.2, 0.25) is 0 Å². The number of rotatable bonds is 2. The first-order chi connectivity index (χ1) is 8.19. The Balaban J connectivity index is 2.97. The van der Waals surface area contributed by atoms with E-state index >= 15 is 0 Å². The second-order valence-corrected chi connectivity index (χ2v) is 4.20. The van der Waals surface area contributed by atoms with Crippen LogP contribution in [0.1, 0.15) is 21.5 Å². The maximum Gasteiger partial charge on any atom is 0.253 e. The summed E-state index contributed by atoms with van der Waals surface area (Å²) in [5.74, 6) is 0.307. The zero-order valence-electron chi connectivity index (χ0n) is 8.77. The van der Waals surface area contributed by atoms with Gasteiger partial charge in [-0.15, -0.1) is 0 Å². The average Bonchev–Trinajstić information content (AvgIpc) is 2.35. The maximum absolute atomic E-state index is 11.5. The summed E-state index contributed by atoms with van der Waals surface area (Å²) in [6, 6.07) is 11.2. The molecule has 0 aromatic heterocycles. The van der Waals surface area contributed by atoms with Crippen LogP contribution in [-0.2, 0) is 5.75 Å². The van der Waals surface area contributed by atoms with Crippen LogP contribution in [0.15, 0.2) is 30.3 Å². The van der Waals surface area contributed by atoms with Gasteiger partial charge in [-0.2, -0.15) is 17.9 Å². The van der Waals surface area contributed by atoms with Gasteiger partial charge in [0.25, 0.3) is 5.24 Å². The van der Waals surface area contributed by atoms with E-state index in [1.165, 1.54) is 0 Å². The second kappa shape index (κ2) is 4.79. The molecule has 0 N–H and O–H groups in total. The summed E-state index contributed by atoms with van der Waals surface area (Å²) in [6.07, 6.45) is 0. The maximum atomic E-state index is 11.5. The lowest BCUT2D eigenvalue weighted by atomic mass is 9.96. The zero-order chi connectivity index (χ0) is 12.4. The van der Waals surface area contributed by atoms with Gasteiger partial charge in [-0.05, 0) is 34.0 Å². The van der Waals surface area contributed by atoms with Crippen molar-refractivity contribution in [3.63, 3.8) is 0 Å². The summed E-state index contributed by atoms with van der Waals surface area (Å²) in [6.45, 7) is 0. The van der Waals surface area contributed by atoms with Gasteiger partial charge in [-0.3, -0.25) is 4.79 Å². The van der Waals surface area contributed by atoms with Crippen molar-refractivity contribution < 1.29 is 4.79 Å². The topological polar surface area (TPSA) is 40.9 Å². The van der Waals surface area contributed by atoms with E-state index < -0.39 is 5.24 Å². The Morgan fingerprint density at radius 3 is 2.71 bits per heavy atom. The number of fused-ring (bicyclic) bond motifs is 1. The average molecular weight is 262 g/mol. The van der Waals surface area contributed by atoms with Crippen molar-refractivity contribution in [2.45, 2.75) is 5.75 Å². The molecule has 2 aromatic rings. The quantitative estimate of drug-likeness (QED) is 0.664. The number of nitriles is 1. The molecule has 0 amide bonds. The Morgan fingerprint density at radius 2 is 2.12 bits per heavy atom. The third-order valence-corrected chi connectivity index (χ3v) is 3.14. The summed E-state index contributed by atoms with van der Waals surface area (Å²) in [7, 11) is 0. The molecule has 0 fully saturated rings. The predicted octanol–water partition coefficient (Wildman–Crippen LogP) is 3.52. The number of carbonyl (C=O) groups is 1. The first-order valence-corrected chi connectivity index (χ1v) is 5.95. The van der Waals surface area contributed by atoms with Crippen LogP contribution in [0.25, 0.3) is 10.8 Å². The Bertz CT molecular complexity index is 646. The highest BCUT2D eigenvalue weighted by Gasteiger charge is 2.16. The molecule has 17 heavy (non-hydrogen) atoms. The summed E-state index contributed by atoms with van der Waals surface area (Å²) >= 11 is 9.77. The van der Waals surface area contributed by atoms with Crippen LogP contribution < -0.4 is 0 Å². The predicted molar refractivity (Wildman–Crippen MR) is 71.5 cm³/mol. The summed E-state index contributed by atoms with van der Waals surface area (Å²) in [4.78, 5) is 11.5. The molecule has 2 rings (SSSR count). The minimum atomic E-state index is -0.553. The SMILES string of the molecule is N#Cc1cc2ccccc2c(C(=O)Cl)c1CS. The van der Waals surface area contributed by atoms with E-state index in [2.05, 4.69) is 18.7 Å². The molecule has 0 spiro atoms. The van der Waals surface area contributed by atoms with Crippen molar-refractivity contribution in [3.8, 4) is 6.07 Å². The van der Waals surface area contributed by atoms with E-state index in [0.29, 0.717) is 22.4 Å². The second-order valence-electron chi connectivity index (χ2n) is 3.54. The molecule has 0 aliphatic carbocycles. The van der Waals surface area contributed by atoms with Gasteiger partial charge >= 0.3 is 0 Å². The van der Waals surface area contributed by atoms with Crippen molar-refractivity contribution in [2.24, 2.45) is 0 Å². The Hall–Kier alpha value is -1.50. The highest BCUT2D eigenvalue weighted by atomic mass is 35.5. The normalized spacial score (nSPS) is 10.2. The molecule has 0 aliphatic rings. The van der Waals surface area contributed by atoms with Crippen molar-refractivity contribution in [3.05, 3.63) is 47.0 Å². The molecule has 2 nitrogen and oxygen atoms in total. The molecule has 0 aliphatic heterocycles. The van der Waals surface area contributed by atoms with Gasteiger partial charge in [0.2, 0.25) is 0 Å². The highest BCUT2D eigenvalue weighted by molar-refractivity contribution is 7.79. The lowest BCUT2D eigenvalue weighted by Gasteiger charge is -2.10. The van der Waals surface area contributed by atoms with Gasteiger partial charge in [0.1, 0.15) is 0 Å². The molecule has 0 bridgehead atoms. The van der Waals surface area contributed by atoms with Gasteiger partial charge in [0.05, 0.1) is 11.6 Å². The van der Waals surface area contributed by atoms with Crippen LogP contribution in [0.5, 0.6) is 0 Å². The Kier molecular flexibility index (Phi) is 3.37. The van der Waals surface area contributed by atoms with E-state index in [1.54, 1.807) is 6.07 Å². The van der Waals surface area contributed by atoms with E-state index in [1.807, 2.05) is 24.3 Å². The molecular formula is C13H8ClNOS.